The second kappa shape index (κ2) is 9.17. The van der Waals surface area contributed by atoms with E-state index in [-0.39, 0.29) is 0 Å². The number of thioether (sulfide) groups is 2. The lowest BCUT2D eigenvalue weighted by atomic mass is 10.2. The Bertz CT molecular complexity index is 693. The van der Waals surface area contributed by atoms with Gasteiger partial charge in [0.05, 0.1) is 0 Å². The van der Waals surface area contributed by atoms with Crippen LogP contribution in [-0.4, -0.2) is 0 Å². The average molecular weight is 364 g/mol. The molecule has 0 aliphatic rings. The van der Waals surface area contributed by atoms with Crippen LogP contribution in [0.15, 0.2) is 91.0 Å². The normalized spacial score (nSPS) is 13.6. The zero-order valence-electron chi connectivity index (χ0n) is 14.6. The average Bonchev–Trinajstić information content (AvgIpc) is 2.69. The molecule has 0 aromatic heterocycles. The van der Waals surface area contributed by atoms with Crippen LogP contribution in [-0.2, 0) is 0 Å². The van der Waals surface area contributed by atoms with Crippen LogP contribution in [0.5, 0.6) is 0 Å². The van der Waals surface area contributed by atoms with Crippen LogP contribution in [0.1, 0.15) is 41.0 Å². The summed E-state index contributed by atoms with van der Waals surface area (Å²) in [7, 11) is 0. The quantitative estimate of drug-likeness (QED) is 0.426. The zero-order chi connectivity index (χ0) is 17.5. The molecule has 25 heavy (non-hydrogen) atoms. The van der Waals surface area contributed by atoms with Crippen LogP contribution in [0.25, 0.3) is 0 Å². The van der Waals surface area contributed by atoms with E-state index in [1.54, 1.807) is 0 Å². The lowest BCUT2D eigenvalue weighted by Crippen LogP contribution is -1.99. The third-order valence-corrected chi connectivity index (χ3v) is 6.84. The largest absolute Gasteiger partial charge is 0.129 e. The highest BCUT2D eigenvalue weighted by atomic mass is 32.2. The van der Waals surface area contributed by atoms with Crippen molar-refractivity contribution in [2.45, 2.75) is 24.3 Å². The third kappa shape index (κ3) is 5.17. The Labute approximate surface area is 160 Å². The number of hydrogen-bond donors (Lipinski definition) is 0. The third-order valence-electron chi connectivity index (χ3n) is 4.12. The number of benzene rings is 3. The van der Waals surface area contributed by atoms with Gasteiger partial charge in [-0.2, -0.15) is 0 Å². The van der Waals surface area contributed by atoms with Gasteiger partial charge in [0, 0.05) is 10.5 Å². The van der Waals surface area contributed by atoms with Gasteiger partial charge in [0.1, 0.15) is 4.58 Å². The van der Waals surface area contributed by atoms with Crippen LogP contribution in [0.4, 0.5) is 0 Å². The summed E-state index contributed by atoms with van der Waals surface area (Å²) < 4.78 is 1.38. The Hall–Kier alpha value is -1.64. The van der Waals surface area contributed by atoms with Crippen molar-refractivity contribution in [3.05, 3.63) is 112 Å². The summed E-state index contributed by atoms with van der Waals surface area (Å²) >= 11 is 3.91. The van der Waals surface area contributed by atoms with E-state index in [1.165, 1.54) is 21.3 Å². The minimum absolute atomic E-state index is 0.423. The van der Waals surface area contributed by atoms with E-state index >= 15 is 0 Å². The molecular weight excluding hydrogens is 340 g/mol. The van der Waals surface area contributed by atoms with Crippen molar-refractivity contribution in [3.8, 4) is 0 Å². The molecule has 0 bridgehead atoms. The number of hydrogen-bond acceptors (Lipinski definition) is 2. The predicted octanol–water partition coefficient (Wildman–Crippen LogP) is 7.51. The monoisotopic (exact) mass is 363 g/mol. The summed E-state index contributed by atoms with van der Waals surface area (Å²) in [5, 5.41) is 0.846. The molecular formula is C23H23S2. The molecule has 3 aromatic carbocycles. The molecule has 0 aliphatic carbocycles. The van der Waals surface area contributed by atoms with Crippen molar-refractivity contribution < 1.29 is 0 Å². The summed E-state index contributed by atoms with van der Waals surface area (Å²) in [6, 6.07) is 32.2. The predicted molar refractivity (Wildman–Crippen MR) is 114 cm³/mol. The van der Waals surface area contributed by atoms with Gasteiger partial charge in [-0.25, -0.2) is 0 Å². The lowest BCUT2D eigenvalue weighted by Gasteiger charge is -2.23. The summed E-state index contributed by atoms with van der Waals surface area (Å²) in [6.07, 6.45) is 0. The summed E-state index contributed by atoms with van der Waals surface area (Å²) in [4.78, 5) is 0. The number of rotatable bonds is 7. The van der Waals surface area contributed by atoms with Crippen molar-refractivity contribution >= 4 is 23.5 Å². The summed E-state index contributed by atoms with van der Waals surface area (Å²) in [6.45, 7) is 4.58. The van der Waals surface area contributed by atoms with Gasteiger partial charge in [0.15, 0.2) is 0 Å². The van der Waals surface area contributed by atoms with Crippen molar-refractivity contribution in [1.82, 2.24) is 0 Å². The van der Waals surface area contributed by atoms with E-state index in [2.05, 4.69) is 105 Å². The minimum Gasteiger partial charge on any atom is -0.129 e. The highest BCUT2D eigenvalue weighted by molar-refractivity contribution is 8.21. The highest BCUT2D eigenvalue weighted by Crippen LogP contribution is 2.50. The van der Waals surface area contributed by atoms with Crippen LogP contribution in [0.2, 0.25) is 0 Å². The summed E-state index contributed by atoms with van der Waals surface area (Å²) in [5.74, 6) is 0. The molecule has 0 amide bonds. The smallest absolute Gasteiger partial charge is 0.115 e. The molecule has 3 aromatic rings. The first kappa shape index (κ1) is 18.2. The fraction of sp³-hybridized carbons (Fsp3) is 0.174. The molecule has 3 rings (SSSR count). The van der Waals surface area contributed by atoms with E-state index in [9.17, 15) is 0 Å². The van der Waals surface area contributed by atoms with E-state index in [0.29, 0.717) is 10.5 Å². The molecule has 127 valence electrons. The molecule has 0 aliphatic heterocycles. The van der Waals surface area contributed by atoms with Gasteiger partial charge in [-0.05, 0) is 30.5 Å². The standard InChI is InChI=1S/C23H23S2/c1-18(20-12-6-3-7-13-20)24-23(22-16-10-5-11-17-22)25-19(2)21-14-8-4-9-15-21/h3-19H,1-2H3. The second-order valence-corrected chi connectivity index (χ2v) is 8.96. The maximum absolute atomic E-state index is 2.29. The zero-order valence-corrected chi connectivity index (χ0v) is 16.3. The Kier molecular flexibility index (Phi) is 6.66. The molecule has 0 heterocycles. The van der Waals surface area contributed by atoms with Crippen LogP contribution in [0, 0.1) is 4.58 Å². The summed E-state index contributed by atoms with van der Waals surface area (Å²) in [5.41, 5.74) is 4.05. The van der Waals surface area contributed by atoms with Crippen LogP contribution < -0.4 is 0 Å². The van der Waals surface area contributed by atoms with Gasteiger partial charge in [-0.3, -0.25) is 0 Å². The van der Waals surface area contributed by atoms with E-state index < -0.39 is 0 Å². The maximum atomic E-state index is 2.29. The van der Waals surface area contributed by atoms with E-state index in [1.807, 2.05) is 23.5 Å². The Morgan fingerprint density at radius 1 is 0.560 bits per heavy atom. The highest BCUT2D eigenvalue weighted by Gasteiger charge is 2.22. The molecule has 1 radical (unpaired) electrons. The minimum atomic E-state index is 0.423. The van der Waals surface area contributed by atoms with E-state index in [4.69, 9.17) is 0 Å². The first-order valence-corrected chi connectivity index (χ1v) is 10.4. The molecule has 2 atom stereocenters. The van der Waals surface area contributed by atoms with Gasteiger partial charge >= 0.3 is 0 Å². The molecule has 0 N–H and O–H groups in total. The van der Waals surface area contributed by atoms with Gasteiger partial charge < -0.3 is 0 Å². The molecule has 0 saturated heterocycles. The van der Waals surface area contributed by atoms with Gasteiger partial charge in [0.2, 0.25) is 0 Å². The van der Waals surface area contributed by atoms with Gasteiger partial charge in [-0.1, -0.05) is 91.0 Å². The first-order valence-electron chi connectivity index (χ1n) is 8.59. The fourth-order valence-corrected chi connectivity index (χ4v) is 5.50. The molecule has 0 nitrogen and oxygen atoms in total. The Balaban J connectivity index is 1.78. The molecule has 0 spiro atoms. The maximum Gasteiger partial charge on any atom is 0.115 e. The van der Waals surface area contributed by atoms with Gasteiger partial charge in [0.25, 0.3) is 0 Å². The second-order valence-electron chi connectivity index (χ2n) is 6.00. The first-order chi connectivity index (χ1) is 12.2. The SMILES string of the molecule is CC(S[C](SC(C)c1ccccc1)c1ccccc1)c1ccccc1. The molecule has 2 heteroatoms. The van der Waals surface area contributed by atoms with Crippen LogP contribution in [0.3, 0.4) is 0 Å². The molecule has 2 unspecified atom stereocenters. The Morgan fingerprint density at radius 2 is 0.920 bits per heavy atom. The van der Waals surface area contributed by atoms with E-state index in [0.717, 1.165) is 0 Å². The Morgan fingerprint density at radius 3 is 1.32 bits per heavy atom. The fourth-order valence-electron chi connectivity index (χ4n) is 2.64. The van der Waals surface area contributed by atoms with Gasteiger partial charge in [-0.15, -0.1) is 23.5 Å². The van der Waals surface area contributed by atoms with Crippen molar-refractivity contribution in [2.24, 2.45) is 0 Å². The lowest BCUT2D eigenvalue weighted by molar-refractivity contribution is 1.09. The molecule has 0 saturated carbocycles. The van der Waals surface area contributed by atoms with Crippen molar-refractivity contribution in [2.75, 3.05) is 0 Å². The topological polar surface area (TPSA) is 0 Å². The van der Waals surface area contributed by atoms with Crippen molar-refractivity contribution in [1.29, 1.82) is 0 Å². The van der Waals surface area contributed by atoms with Crippen molar-refractivity contribution in [3.63, 3.8) is 0 Å². The van der Waals surface area contributed by atoms with Crippen LogP contribution >= 0.6 is 23.5 Å². The molecule has 0 fully saturated rings.